The molecular formula is C42H56N7O10+. The Kier molecular flexibility index (Phi) is 14.4. The first-order valence-corrected chi connectivity index (χ1v) is 19.7. The molecule has 0 aliphatic carbocycles. The van der Waals surface area contributed by atoms with Gasteiger partial charge in [0.1, 0.15) is 11.6 Å². The molecule has 3 aromatic rings. The molecule has 59 heavy (non-hydrogen) atoms. The number of pyridine rings is 1. The molecule has 1 atom stereocenters. The number of anilines is 1. The minimum absolute atomic E-state index is 0.00110. The number of nitrogens with one attached hydrogen (secondary N) is 3. The third kappa shape index (κ3) is 11.2. The zero-order valence-corrected chi connectivity index (χ0v) is 35.0. The molecule has 0 bridgehead atoms. The molecule has 5 amide bonds. The quantitative estimate of drug-likeness (QED) is 0.151. The van der Waals surface area contributed by atoms with Gasteiger partial charge in [0.25, 0.3) is 11.8 Å². The number of amides is 5. The number of hydrogen-bond donors (Lipinski definition) is 3. The molecular weight excluding hydrogens is 763 g/mol. The van der Waals surface area contributed by atoms with E-state index in [1.807, 2.05) is 20.8 Å². The lowest BCUT2D eigenvalue weighted by Crippen LogP contribution is -2.59. The van der Waals surface area contributed by atoms with Gasteiger partial charge in [-0.15, -0.1) is 0 Å². The van der Waals surface area contributed by atoms with Crippen molar-refractivity contribution < 1.29 is 52.2 Å². The summed E-state index contributed by atoms with van der Waals surface area (Å²) < 4.78 is 22.3. The van der Waals surface area contributed by atoms with Crippen molar-refractivity contribution in [2.75, 3.05) is 79.5 Å². The van der Waals surface area contributed by atoms with Crippen molar-refractivity contribution >= 4 is 52.1 Å². The molecule has 3 N–H and O–H groups in total. The molecule has 318 valence electrons. The van der Waals surface area contributed by atoms with Crippen molar-refractivity contribution in [1.29, 1.82) is 0 Å². The van der Waals surface area contributed by atoms with Crippen molar-refractivity contribution in [1.82, 2.24) is 25.4 Å². The Balaban J connectivity index is 1.12. The zero-order chi connectivity index (χ0) is 42.9. The van der Waals surface area contributed by atoms with E-state index in [9.17, 15) is 28.8 Å². The van der Waals surface area contributed by atoms with Gasteiger partial charge in [-0.2, -0.15) is 0 Å². The summed E-state index contributed by atoms with van der Waals surface area (Å²) in [5, 5.41) is 8.69. The SMILES string of the molecule is COc1cc(CNC(=O)C(=O)[C@@H]2CCCN2C(=O)CNC(=O)c2ccnc3c(NC(=O)CCC[N+]4(C)CCN(C(=O)OC(C)(C)C)CC4)cccc23)cc(OC)c1OC. The van der Waals surface area contributed by atoms with Crippen LogP contribution in [0.3, 0.4) is 0 Å². The summed E-state index contributed by atoms with van der Waals surface area (Å²) in [4.78, 5) is 86.0. The maximum absolute atomic E-state index is 13.4. The van der Waals surface area contributed by atoms with Crippen LogP contribution in [0, 0.1) is 0 Å². The summed E-state index contributed by atoms with van der Waals surface area (Å²) >= 11 is 0. The monoisotopic (exact) mass is 818 g/mol. The summed E-state index contributed by atoms with van der Waals surface area (Å²) in [7, 11) is 6.55. The summed E-state index contributed by atoms with van der Waals surface area (Å²) in [5.74, 6) is -1.64. The van der Waals surface area contributed by atoms with Gasteiger partial charge >= 0.3 is 6.09 Å². The Morgan fingerprint density at radius 1 is 0.915 bits per heavy atom. The van der Waals surface area contributed by atoms with Crippen molar-refractivity contribution in [3.05, 3.63) is 53.7 Å². The van der Waals surface area contributed by atoms with Crippen LogP contribution < -0.4 is 30.2 Å². The molecule has 2 aromatic carbocycles. The molecule has 0 radical (unpaired) electrons. The fourth-order valence-corrected chi connectivity index (χ4v) is 7.34. The van der Waals surface area contributed by atoms with E-state index in [4.69, 9.17) is 18.9 Å². The second-order valence-corrected chi connectivity index (χ2v) is 16.0. The smallest absolute Gasteiger partial charge is 0.410 e. The number of carbonyl (C=O) groups is 6. The summed E-state index contributed by atoms with van der Waals surface area (Å²) in [6, 6.07) is 9.02. The summed E-state index contributed by atoms with van der Waals surface area (Å²) in [5.41, 5.74) is 1.18. The number of methoxy groups -OCH3 is 3. The standard InChI is InChI=1S/C42H55N7O10/c1-42(2,3)59-41(55)47-18-21-49(4,22-19-47)20-10-14-34(50)46-30-12-8-11-28-29(15-16-43-36(28)30)39(53)45-26-35(51)48-17-9-13-31(48)37(52)40(54)44-25-27-23-32(56-5)38(58-7)33(24-27)57-6/h8,11-12,15-16,23-24,31H,9-10,13-14,17-22,25-26H2,1-7H3,(H2-,44,45,46,50,53,54)/p+1/t31-/m0/s1. The van der Waals surface area contributed by atoms with Crippen LogP contribution in [0.25, 0.3) is 10.9 Å². The molecule has 1 aromatic heterocycles. The first kappa shape index (κ1) is 44.1. The van der Waals surface area contributed by atoms with E-state index < -0.39 is 41.7 Å². The number of carbonyl (C=O) groups excluding carboxylic acids is 6. The number of nitrogens with zero attached hydrogens (tertiary/aromatic N) is 4. The highest BCUT2D eigenvalue weighted by Gasteiger charge is 2.37. The highest BCUT2D eigenvalue weighted by molar-refractivity contribution is 6.38. The molecule has 0 unspecified atom stereocenters. The van der Waals surface area contributed by atoms with Gasteiger partial charge in [0.15, 0.2) is 11.5 Å². The molecule has 5 rings (SSSR count). The Hall–Kier alpha value is -5.97. The minimum Gasteiger partial charge on any atom is -0.493 e. The average Bonchev–Trinajstić information content (AvgIpc) is 3.71. The van der Waals surface area contributed by atoms with E-state index in [-0.39, 0.29) is 37.1 Å². The van der Waals surface area contributed by atoms with Crippen LogP contribution in [-0.2, 0) is 30.5 Å². The van der Waals surface area contributed by atoms with Crippen LogP contribution in [-0.4, -0.2) is 141 Å². The number of ether oxygens (including phenoxy) is 4. The predicted octanol–water partition coefficient (Wildman–Crippen LogP) is 3.28. The fourth-order valence-electron chi connectivity index (χ4n) is 7.34. The van der Waals surface area contributed by atoms with Crippen molar-refractivity contribution in [3.63, 3.8) is 0 Å². The third-order valence-electron chi connectivity index (χ3n) is 10.5. The molecule has 2 fully saturated rings. The highest BCUT2D eigenvalue weighted by atomic mass is 16.6. The molecule has 2 aliphatic heterocycles. The number of aromatic nitrogens is 1. The minimum atomic E-state index is -0.966. The molecule has 17 heteroatoms. The van der Waals surface area contributed by atoms with Gasteiger partial charge in [0, 0.05) is 37.5 Å². The van der Waals surface area contributed by atoms with Gasteiger partial charge < -0.3 is 44.3 Å². The van der Waals surface area contributed by atoms with Crippen molar-refractivity contribution in [2.45, 2.75) is 64.6 Å². The van der Waals surface area contributed by atoms with Gasteiger partial charge in [-0.3, -0.25) is 33.9 Å². The van der Waals surface area contributed by atoms with Crippen LogP contribution in [0.1, 0.15) is 62.4 Å². The molecule has 2 saturated heterocycles. The third-order valence-corrected chi connectivity index (χ3v) is 10.5. The second-order valence-electron chi connectivity index (χ2n) is 16.0. The van der Waals surface area contributed by atoms with E-state index >= 15 is 0 Å². The van der Waals surface area contributed by atoms with Crippen molar-refractivity contribution in [2.24, 2.45) is 0 Å². The number of Topliss-reactive ketones (excluding diaryl/α,β-unsaturated/α-hetero) is 1. The lowest BCUT2D eigenvalue weighted by Gasteiger charge is -2.42. The number of quaternary nitrogens is 1. The number of hydrogen-bond acceptors (Lipinski definition) is 11. The predicted molar refractivity (Wildman–Crippen MR) is 218 cm³/mol. The van der Waals surface area contributed by atoms with Gasteiger partial charge in [0.2, 0.25) is 23.3 Å². The number of fused-ring (bicyclic) bond motifs is 1. The number of likely N-dealkylation sites (tertiary alicyclic amines) is 1. The maximum Gasteiger partial charge on any atom is 0.410 e. The molecule has 0 saturated carbocycles. The summed E-state index contributed by atoms with van der Waals surface area (Å²) in [6.07, 6.45) is 2.90. The molecule has 3 heterocycles. The van der Waals surface area contributed by atoms with E-state index in [0.29, 0.717) is 71.8 Å². The first-order valence-electron chi connectivity index (χ1n) is 19.7. The lowest BCUT2D eigenvalue weighted by molar-refractivity contribution is -0.913. The van der Waals surface area contributed by atoms with Crippen LogP contribution in [0.5, 0.6) is 17.2 Å². The van der Waals surface area contributed by atoms with Crippen LogP contribution in [0.4, 0.5) is 10.5 Å². The average molecular weight is 819 g/mol. The first-order chi connectivity index (χ1) is 28.1. The second kappa shape index (κ2) is 19.2. The molecule has 0 spiro atoms. The topological polar surface area (TPSA) is 195 Å². The number of para-hydroxylation sites is 1. The highest BCUT2D eigenvalue weighted by Crippen LogP contribution is 2.38. The molecule has 17 nitrogen and oxygen atoms in total. The number of ketones is 1. The van der Waals surface area contributed by atoms with E-state index in [1.165, 1.54) is 38.5 Å². The number of benzene rings is 2. The van der Waals surface area contributed by atoms with Gasteiger partial charge in [-0.1, -0.05) is 12.1 Å². The molecule has 2 aliphatic rings. The van der Waals surface area contributed by atoms with Gasteiger partial charge in [-0.05, 0) is 63.4 Å². The van der Waals surface area contributed by atoms with E-state index in [1.54, 1.807) is 35.2 Å². The normalized spacial score (nSPS) is 16.2. The number of piperazine rings is 1. The van der Waals surface area contributed by atoms with E-state index in [0.717, 1.165) is 24.1 Å². The van der Waals surface area contributed by atoms with Crippen LogP contribution in [0.2, 0.25) is 0 Å². The largest absolute Gasteiger partial charge is 0.493 e. The Bertz CT molecular complexity index is 2030. The number of rotatable bonds is 15. The Labute approximate surface area is 344 Å². The van der Waals surface area contributed by atoms with Crippen LogP contribution >= 0.6 is 0 Å². The van der Waals surface area contributed by atoms with Crippen molar-refractivity contribution in [3.8, 4) is 17.2 Å². The maximum atomic E-state index is 13.4. The van der Waals surface area contributed by atoms with Gasteiger partial charge in [0.05, 0.1) is 84.4 Å². The Morgan fingerprint density at radius 2 is 1.61 bits per heavy atom. The van der Waals surface area contributed by atoms with Crippen LogP contribution in [0.15, 0.2) is 42.6 Å². The fraction of sp³-hybridized carbons (Fsp3) is 0.500. The zero-order valence-electron chi connectivity index (χ0n) is 35.0. The number of likely N-dealkylation sites (N-methyl/N-ethyl adjacent to an activating group) is 1. The Morgan fingerprint density at radius 3 is 2.25 bits per heavy atom. The van der Waals surface area contributed by atoms with E-state index in [2.05, 4.69) is 28.0 Å². The van der Waals surface area contributed by atoms with Gasteiger partial charge in [-0.25, -0.2) is 4.79 Å². The summed E-state index contributed by atoms with van der Waals surface area (Å²) in [6.45, 7) is 8.87. The lowest BCUT2D eigenvalue weighted by atomic mass is 10.1.